The van der Waals surface area contributed by atoms with Crippen LogP contribution in [0.1, 0.15) is 10.4 Å². The molecule has 2 rings (SSSR count). The molecule has 0 aliphatic rings. The van der Waals surface area contributed by atoms with Crippen molar-refractivity contribution in [3.05, 3.63) is 30.2 Å². The minimum atomic E-state index is 0.382. The number of hydrogen-bond acceptors (Lipinski definition) is 5. The summed E-state index contributed by atoms with van der Waals surface area (Å²) >= 11 is 0. The Hall–Kier alpha value is -2.24. The third kappa shape index (κ3) is 1.69. The molecule has 0 atom stereocenters. The first-order valence-electron chi connectivity index (χ1n) is 4.21. The minimum absolute atomic E-state index is 0.382. The molecule has 0 bridgehead atoms. The zero-order valence-electron chi connectivity index (χ0n) is 7.99. The van der Waals surface area contributed by atoms with Gasteiger partial charge in [0.15, 0.2) is 6.29 Å². The Morgan fingerprint density at radius 1 is 1.40 bits per heavy atom. The summed E-state index contributed by atoms with van der Waals surface area (Å²) in [5.74, 6) is 0.382. The predicted octanol–water partition coefficient (Wildman–Crippen LogP) is 0.483. The number of carbonyl (C=O) groups is 1. The Balaban J connectivity index is 2.52. The van der Waals surface area contributed by atoms with Crippen LogP contribution in [0.15, 0.2) is 24.7 Å². The molecule has 0 fully saturated rings. The average Bonchev–Trinajstić information content (AvgIpc) is 2.81. The zero-order valence-corrected chi connectivity index (χ0v) is 7.99. The summed E-state index contributed by atoms with van der Waals surface area (Å²) in [5.41, 5.74) is 0.953. The maximum absolute atomic E-state index is 10.8. The molecule has 2 aromatic rings. The van der Waals surface area contributed by atoms with Crippen LogP contribution >= 0.6 is 0 Å². The monoisotopic (exact) mass is 204 g/mol. The van der Waals surface area contributed by atoms with E-state index in [1.54, 1.807) is 0 Å². The normalized spacial score (nSPS) is 9.93. The van der Waals surface area contributed by atoms with Crippen LogP contribution in [0.3, 0.4) is 0 Å². The van der Waals surface area contributed by atoms with Crippen molar-refractivity contribution >= 4 is 6.29 Å². The van der Waals surface area contributed by atoms with Crippen molar-refractivity contribution in [2.45, 2.75) is 0 Å². The molecular weight excluding hydrogens is 196 g/mol. The van der Waals surface area contributed by atoms with E-state index in [0.29, 0.717) is 23.4 Å². The highest BCUT2D eigenvalue weighted by Gasteiger charge is 2.07. The van der Waals surface area contributed by atoms with Crippen molar-refractivity contribution in [2.75, 3.05) is 7.11 Å². The Morgan fingerprint density at radius 2 is 2.13 bits per heavy atom. The fraction of sp³-hybridized carbons (Fsp3) is 0.111. The maximum atomic E-state index is 10.8. The Bertz CT molecular complexity index is 467. The number of carbonyl (C=O) groups excluding carboxylic acids is 1. The van der Waals surface area contributed by atoms with Gasteiger partial charge in [0.1, 0.15) is 5.69 Å². The largest absolute Gasteiger partial charge is 0.481 e. The van der Waals surface area contributed by atoms with Crippen LogP contribution in [-0.2, 0) is 0 Å². The summed E-state index contributed by atoms with van der Waals surface area (Å²) in [6.45, 7) is 0. The van der Waals surface area contributed by atoms with Gasteiger partial charge in [0, 0.05) is 11.6 Å². The summed E-state index contributed by atoms with van der Waals surface area (Å²) in [6.07, 6.45) is 5.25. The summed E-state index contributed by atoms with van der Waals surface area (Å²) in [6, 6.07) is 1.53. The number of rotatable bonds is 3. The number of pyridine rings is 1. The van der Waals surface area contributed by atoms with Crippen LogP contribution in [0.2, 0.25) is 0 Å². The molecule has 15 heavy (non-hydrogen) atoms. The topological polar surface area (TPSA) is 69.9 Å². The fourth-order valence-electron chi connectivity index (χ4n) is 1.16. The Kier molecular flexibility index (Phi) is 2.40. The molecule has 0 saturated carbocycles. The van der Waals surface area contributed by atoms with Gasteiger partial charge in [0.05, 0.1) is 25.7 Å². The van der Waals surface area contributed by atoms with Gasteiger partial charge in [-0.25, -0.2) is 4.98 Å². The second-order valence-corrected chi connectivity index (χ2v) is 2.72. The number of methoxy groups -OCH3 is 1. The van der Waals surface area contributed by atoms with Crippen LogP contribution in [0.4, 0.5) is 0 Å². The first-order chi connectivity index (χ1) is 7.35. The van der Waals surface area contributed by atoms with Crippen molar-refractivity contribution in [3.8, 4) is 11.6 Å². The van der Waals surface area contributed by atoms with Gasteiger partial charge in [-0.3, -0.25) is 4.79 Å². The quantitative estimate of drug-likeness (QED) is 0.680. The van der Waals surface area contributed by atoms with E-state index in [0.717, 1.165) is 0 Å². The van der Waals surface area contributed by atoms with Crippen molar-refractivity contribution in [1.82, 2.24) is 20.0 Å². The standard InChI is InChI=1S/C9H8N4O2/c1-15-9-4-7(6-14)8(5-10-9)13-11-2-3-12-13/h2-6H,1H3. The number of aromatic nitrogens is 4. The summed E-state index contributed by atoms with van der Waals surface area (Å²) in [5, 5.41) is 7.83. The number of aldehydes is 1. The van der Waals surface area contributed by atoms with Gasteiger partial charge in [-0.05, 0) is 0 Å². The molecule has 0 radical (unpaired) electrons. The fourth-order valence-corrected chi connectivity index (χ4v) is 1.16. The van der Waals surface area contributed by atoms with Gasteiger partial charge in [0.2, 0.25) is 5.88 Å². The van der Waals surface area contributed by atoms with Crippen LogP contribution in [-0.4, -0.2) is 33.4 Å². The molecule has 6 heteroatoms. The predicted molar refractivity (Wildman–Crippen MR) is 51.1 cm³/mol. The average molecular weight is 204 g/mol. The number of nitrogens with zero attached hydrogens (tertiary/aromatic N) is 4. The first kappa shape index (κ1) is 9.32. The molecule has 6 nitrogen and oxygen atoms in total. The first-order valence-corrected chi connectivity index (χ1v) is 4.21. The van der Waals surface area contributed by atoms with E-state index in [4.69, 9.17) is 4.74 Å². The van der Waals surface area contributed by atoms with Crippen LogP contribution < -0.4 is 4.74 Å². The second-order valence-electron chi connectivity index (χ2n) is 2.72. The van der Waals surface area contributed by atoms with Gasteiger partial charge in [0.25, 0.3) is 0 Å². The zero-order chi connectivity index (χ0) is 10.7. The maximum Gasteiger partial charge on any atom is 0.213 e. The Labute approximate surface area is 85.5 Å². The third-order valence-electron chi connectivity index (χ3n) is 1.86. The molecule has 0 aliphatic heterocycles. The molecule has 0 amide bonds. The van der Waals surface area contributed by atoms with Gasteiger partial charge in [-0.2, -0.15) is 10.2 Å². The van der Waals surface area contributed by atoms with Crippen LogP contribution in [0.5, 0.6) is 5.88 Å². The summed E-state index contributed by atoms with van der Waals surface area (Å²) < 4.78 is 4.91. The van der Waals surface area contributed by atoms with E-state index < -0.39 is 0 Å². The van der Waals surface area contributed by atoms with Gasteiger partial charge in [-0.1, -0.05) is 0 Å². The van der Waals surface area contributed by atoms with E-state index in [2.05, 4.69) is 15.2 Å². The molecule has 76 valence electrons. The highest BCUT2D eigenvalue weighted by molar-refractivity contribution is 5.80. The van der Waals surface area contributed by atoms with Gasteiger partial charge < -0.3 is 4.74 Å². The van der Waals surface area contributed by atoms with Crippen LogP contribution in [0.25, 0.3) is 5.69 Å². The lowest BCUT2D eigenvalue weighted by molar-refractivity contribution is 0.112. The number of hydrogen-bond donors (Lipinski definition) is 0. The highest BCUT2D eigenvalue weighted by atomic mass is 16.5. The molecule has 0 aliphatic carbocycles. The summed E-state index contributed by atoms with van der Waals surface area (Å²) in [7, 11) is 1.49. The lowest BCUT2D eigenvalue weighted by Crippen LogP contribution is -2.04. The second kappa shape index (κ2) is 3.87. The molecule has 0 saturated heterocycles. The molecule has 0 N–H and O–H groups in total. The summed E-state index contributed by atoms with van der Waals surface area (Å²) in [4.78, 5) is 16.1. The van der Waals surface area contributed by atoms with Crippen molar-refractivity contribution in [3.63, 3.8) is 0 Å². The van der Waals surface area contributed by atoms with Crippen molar-refractivity contribution in [1.29, 1.82) is 0 Å². The van der Waals surface area contributed by atoms with E-state index in [-0.39, 0.29) is 0 Å². The minimum Gasteiger partial charge on any atom is -0.481 e. The van der Waals surface area contributed by atoms with Gasteiger partial charge >= 0.3 is 0 Å². The lowest BCUT2D eigenvalue weighted by atomic mass is 10.2. The molecule has 0 aromatic carbocycles. The Morgan fingerprint density at radius 3 is 2.73 bits per heavy atom. The van der Waals surface area contributed by atoms with E-state index >= 15 is 0 Å². The number of ether oxygens (including phenoxy) is 1. The SMILES string of the molecule is COc1cc(C=O)c(-n2nccn2)cn1. The molecule has 0 unspecified atom stereocenters. The van der Waals surface area contributed by atoms with E-state index in [1.807, 2.05) is 0 Å². The van der Waals surface area contributed by atoms with Gasteiger partial charge in [-0.15, -0.1) is 4.80 Å². The van der Waals surface area contributed by atoms with Crippen LogP contribution in [0, 0.1) is 0 Å². The molecule has 2 aromatic heterocycles. The van der Waals surface area contributed by atoms with Crippen molar-refractivity contribution < 1.29 is 9.53 Å². The van der Waals surface area contributed by atoms with E-state index in [1.165, 1.54) is 36.6 Å². The molecule has 2 heterocycles. The lowest BCUT2D eigenvalue weighted by Gasteiger charge is -2.04. The van der Waals surface area contributed by atoms with E-state index in [9.17, 15) is 4.79 Å². The third-order valence-corrected chi connectivity index (χ3v) is 1.86. The molecular formula is C9H8N4O2. The highest BCUT2D eigenvalue weighted by Crippen LogP contribution is 2.14. The molecule has 0 spiro atoms. The smallest absolute Gasteiger partial charge is 0.213 e. The van der Waals surface area contributed by atoms with Crippen molar-refractivity contribution in [2.24, 2.45) is 0 Å².